The molecular weight excluding hydrogens is 364 g/mol. The smallest absolute Gasteiger partial charge is 0.119 e. The molecule has 1 aromatic carbocycles. The maximum absolute atomic E-state index is 6.38. The van der Waals surface area contributed by atoms with E-state index < -0.39 is 0 Å². The predicted molar refractivity (Wildman–Crippen MR) is 125 cm³/mol. The van der Waals surface area contributed by atoms with Gasteiger partial charge >= 0.3 is 0 Å². The number of allylic oxidation sites excluding steroid dienone is 3. The van der Waals surface area contributed by atoms with Crippen LogP contribution in [0.2, 0.25) is 0 Å². The largest absolute Gasteiger partial charge is 0.490 e. The van der Waals surface area contributed by atoms with Gasteiger partial charge in [0, 0.05) is 6.42 Å². The highest BCUT2D eigenvalue weighted by Gasteiger charge is 2.58. The van der Waals surface area contributed by atoms with Gasteiger partial charge in [0.2, 0.25) is 0 Å². The number of rotatable bonds is 3. The molecule has 0 bridgehead atoms. The highest BCUT2D eigenvalue weighted by atomic mass is 16.5. The second kappa shape index (κ2) is 7.57. The van der Waals surface area contributed by atoms with Crippen LogP contribution < -0.4 is 4.74 Å². The molecule has 0 spiro atoms. The minimum atomic E-state index is 0.352. The van der Waals surface area contributed by atoms with Gasteiger partial charge in [-0.1, -0.05) is 55.3 Å². The van der Waals surface area contributed by atoms with Crippen molar-refractivity contribution in [2.75, 3.05) is 0 Å². The fourth-order valence-corrected chi connectivity index (χ4v) is 8.37. The van der Waals surface area contributed by atoms with E-state index in [1.54, 1.807) is 11.1 Å². The molecule has 4 aliphatic rings. The van der Waals surface area contributed by atoms with Gasteiger partial charge in [0.15, 0.2) is 0 Å². The predicted octanol–water partition coefficient (Wildman–Crippen LogP) is 7.98. The highest BCUT2D eigenvalue weighted by molar-refractivity contribution is 5.28. The summed E-state index contributed by atoms with van der Waals surface area (Å²) in [6.45, 7) is 9.88. The van der Waals surface area contributed by atoms with E-state index in [9.17, 15) is 0 Å². The lowest BCUT2D eigenvalue weighted by Crippen LogP contribution is -2.50. The van der Waals surface area contributed by atoms with E-state index in [1.165, 1.54) is 44.9 Å². The molecule has 3 saturated carbocycles. The maximum atomic E-state index is 6.38. The van der Waals surface area contributed by atoms with Crippen LogP contribution in [0.5, 0.6) is 5.75 Å². The first-order chi connectivity index (χ1) is 14.5. The minimum Gasteiger partial charge on any atom is -0.490 e. The summed E-state index contributed by atoms with van der Waals surface area (Å²) in [5.74, 6) is 4.56. The monoisotopic (exact) mass is 404 g/mol. The van der Waals surface area contributed by atoms with Crippen molar-refractivity contribution in [3.8, 4) is 5.75 Å². The Morgan fingerprint density at radius 1 is 1.00 bits per heavy atom. The molecule has 1 aromatic rings. The summed E-state index contributed by atoms with van der Waals surface area (Å²) in [6, 6.07) is 10.4. The van der Waals surface area contributed by atoms with Gasteiger partial charge in [-0.2, -0.15) is 0 Å². The molecular formula is C29H40O. The molecule has 3 fully saturated rings. The second-order valence-electron chi connectivity index (χ2n) is 11.3. The van der Waals surface area contributed by atoms with Gasteiger partial charge in [-0.15, -0.1) is 0 Å². The lowest BCUT2D eigenvalue weighted by Gasteiger charge is -2.58. The van der Waals surface area contributed by atoms with Crippen LogP contribution >= 0.6 is 0 Å². The van der Waals surface area contributed by atoms with Crippen molar-refractivity contribution in [3.05, 3.63) is 53.6 Å². The molecule has 0 N–H and O–H groups in total. The zero-order chi connectivity index (χ0) is 20.9. The second-order valence-corrected chi connectivity index (χ2v) is 11.3. The third-order valence-electron chi connectivity index (χ3n) is 10.1. The molecule has 0 radical (unpaired) electrons. The number of para-hydroxylation sites is 1. The first-order valence-electron chi connectivity index (χ1n) is 12.5. The zero-order valence-electron chi connectivity index (χ0n) is 19.5. The maximum Gasteiger partial charge on any atom is 0.119 e. The van der Waals surface area contributed by atoms with Crippen LogP contribution in [-0.4, -0.2) is 6.10 Å². The van der Waals surface area contributed by atoms with Gasteiger partial charge in [0.05, 0.1) is 0 Å². The molecule has 7 unspecified atom stereocenters. The van der Waals surface area contributed by atoms with Crippen molar-refractivity contribution in [2.45, 2.75) is 85.2 Å². The number of hydrogen-bond acceptors (Lipinski definition) is 1. The molecule has 0 amide bonds. The molecule has 0 saturated heterocycles. The molecule has 0 heterocycles. The Morgan fingerprint density at radius 3 is 2.57 bits per heavy atom. The quantitative estimate of drug-likeness (QED) is 0.464. The summed E-state index contributed by atoms with van der Waals surface area (Å²) in [6.07, 6.45) is 16.1. The molecule has 0 aliphatic heterocycles. The van der Waals surface area contributed by atoms with Gasteiger partial charge in [-0.05, 0) is 105 Å². The van der Waals surface area contributed by atoms with E-state index >= 15 is 0 Å². The average molecular weight is 405 g/mol. The van der Waals surface area contributed by atoms with Crippen LogP contribution in [0.25, 0.3) is 0 Å². The fraction of sp³-hybridized carbons (Fsp3) is 0.655. The van der Waals surface area contributed by atoms with Crippen LogP contribution in [0, 0.1) is 34.5 Å². The van der Waals surface area contributed by atoms with E-state index in [0.717, 1.165) is 35.8 Å². The van der Waals surface area contributed by atoms with Gasteiger partial charge in [-0.3, -0.25) is 0 Å². The van der Waals surface area contributed by atoms with Gasteiger partial charge in [0.25, 0.3) is 0 Å². The number of fused-ring (bicyclic) bond motifs is 5. The SMILES string of the molecule is C/C=C(/C)C1CCC2C3CC=C4CC(Oc5ccccc5)CCC4(C)C3CCC12C. The van der Waals surface area contributed by atoms with E-state index in [2.05, 4.69) is 70.2 Å². The van der Waals surface area contributed by atoms with E-state index in [1.807, 2.05) is 0 Å². The Balaban J connectivity index is 1.36. The Labute approximate surface area is 184 Å². The highest BCUT2D eigenvalue weighted by Crippen LogP contribution is 2.67. The Morgan fingerprint density at radius 2 is 1.80 bits per heavy atom. The van der Waals surface area contributed by atoms with Gasteiger partial charge in [0.1, 0.15) is 11.9 Å². The summed E-state index contributed by atoms with van der Waals surface area (Å²) in [5.41, 5.74) is 4.32. The van der Waals surface area contributed by atoms with Crippen LogP contribution in [0.4, 0.5) is 0 Å². The Hall–Kier alpha value is -1.50. The Kier molecular flexibility index (Phi) is 5.15. The molecule has 4 aliphatic carbocycles. The van der Waals surface area contributed by atoms with Crippen molar-refractivity contribution >= 4 is 0 Å². The summed E-state index contributed by atoms with van der Waals surface area (Å²) in [4.78, 5) is 0. The van der Waals surface area contributed by atoms with E-state index in [4.69, 9.17) is 4.74 Å². The molecule has 0 aromatic heterocycles. The third kappa shape index (κ3) is 3.10. The average Bonchev–Trinajstić information content (AvgIpc) is 3.11. The molecule has 5 rings (SSSR count). The van der Waals surface area contributed by atoms with Crippen LogP contribution in [0.15, 0.2) is 53.6 Å². The van der Waals surface area contributed by atoms with Gasteiger partial charge < -0.3 is 4.74 Å². The van der Waals surface area contributed by atoms with E-state index in [0.29, 0.717) is 16.9 Å². The lowest BCUT2D eigenvalue weighted by molar-refractivity contribution is -0.0436. The molecule has 162 valence electrons. The molecule has 7 atom stereocenters. The van der Waals surface area contributed by atoms with Crippen molar-refractivity contribution in [1.29, 1.82) is 0 Å². The van der Waals surface area contributed by atoms with Crippen molar-refractivity contribution < 1.29 is 4.74 Å². The Bertz CT molecular complexity index is 835. The number of ether oxygens (including phenoxy) is 1. The molecule has 1 heteroatoms. The van der Waals surface area contributed by atoms with Crippen LogP contribution in [0.3, 0.4) is 0 Å². The van der Waals surface area contributed by atoms with Crippen molar-refractivity contribution in [3.63, 3.8) is 0 Å². The lowest BCUT2D eigenvalue weighted by atomic mass is 9.47. The van der Waals surface area contributed by atoms with Crippen molar-refractivity contribution in [2.24, 2.45) is 34.5 Å². The van der Waals surface area contributed by atoms with Crippen LogP contribution in [-0.2, 0) is 0 Å². The minimum absolute atomic E-state index is 0.352. The molecule has 1 nitrogen and oxygen atoms in total. The summed E-state index contributed by atoms with van der Waals surface area (Å²) in [7, 11) is 0. The zero-order valence-corrected chi connectivity index (χ0v) is 19.5. The topological polar surface area (TPSA) is 9.23 Å². The third-order valence-corrected chi connectivity index (χ3v) is 10.1. The normalized spacial score (nSPS) is 43.3. The summed E-state index contributed by atoms with van der Waals surface area (Å²) in [5, 5.41) is 0. The number of hydrogen-bond donors (Lipinski definition) is 0. The fourth-order valence-electron chi connectivity index (χ4n) is 8.37. The summed E-state index contributed by atoms with van der Waals surface area (Å²) >= 11 is 0. The van der Waals surface area contributed by atoms with Gasteiger partial charge in [-0.25, -0.2) is 0 Å². The standard InChI is InChI=1S/C29H40O/c1-5-20(2)25-13-14-26-24-12-11-21-19-23(30-22-9-7-6-8-10-22)15-17-28(21,3)27(24)16-18-29(25,26)4/h5-11,23-27H,12-19H2,1-4H3/b20-5-. The number of benzene rings is 1. The van der Waals surface area contributed by atoms with Crippen LogP contribution in [0.1, 0.15) is 79.1 Å². The van der Waals surface area contributed by atoms with E-state index in [-0.39, 0.29) is 0 Å². The first kappa shape index (κ1) is 20.4. The molecule has 30 heavy (non-hydrogen) atoms. The van der Waals surface area contributed by atoms with Crippen molar-refractivity contribution in [1.82, 2.24) is 0 Å². The summed E-state index contributed by atoms with van der Waals surface area (Å²) < 4.78 is 6.38. The first-order valence-corrected chi connectivity index (χ1v) is 12.5.